The van der Waals surface area contributed by atoms with E-state index in [9.17, 15) is 9.59 Å². The van der Waals surface area contributed by atoms with Gasteiger partial charge in [-0.1, -0.05) is 54.9 Å². The van der Waals surface area contributed by atoms with Crippen LogP contribution in [0.5, 0.6) is 0 Å². The predicted molar refractivity (Wildman–Crippen MR) is 92.7 cm³/mol. The SMILES string of the molecule is Cc1ccc(NC(=O)C(=O)NCC(C)c2ccccc2)cc1Cl. The van der Waals surface area contributed by atoms with Gasteiger partial charge in [-0.15, -0.1) is 0 Å². The molecule has 0 fully saturated rings. The summed E-state index contributed by atoms with van der Waals surface area (Å²) in [5, 5.41) is 5.72. The van der Waals surface area contributed by atoms with Gasteiger partial charge in [-0.05, 0) is 36.1 Å². The van der Waals surface area contributed by atoms with Crippen molar-refractivity contribution >= 4 is 29.1 Å². The molecule has 0 aliphatic heterocycles. The zero-order valence-electron chi connectivity index (χ0n) is 13.1. The number of halogens is 1. The quantitative estimate of drug-likeness (QED) is 0.843. The summed E-state index contributed by atoms with van der Waals surface area (Å²) in [4.78, 5) is 23.8. The summed E-state index contributed by atoms with van der Waals surface area (Å²) in [6.07, 6.45) is 0. The van der Waals surface area contributed by atoms with Crippen LogP contribution in [-0.4, -0.2) is 18.4 Å². The fourth-order valence-electron chi connectivity index (χ4n) is 2.08. The van der Waals surface area contributed by atoms with Crippen LogP contribution >= 0.6 is 11.6 Å². The first-order valence-electron chi connectivity index (χ1n) is 7.37. The summed E-state index contributed by atoms with van der Waals surface area (Å²) < 4.78 is 0. The van der Waals surface area contributed by atoms with Gasteiger partial charge >= 0.3 is 11.8 Å². The molecule has 2 rings (SSSR count). The molecule has 0 spiro atoms. The number of hydrogen-bond acceptors (Lipinski definition) is 2. The van der Waals surface area contributed by atoms with Crippen molar-refractivity contribution in [3.05, 3.63) is 64.7 Å². The molecule has 4 nitrogen and oxygen atoms in total. The van der Waals surface area contributed by atoms with E-state index < -0.39 is 11.8 Å². The Balaban J connectivity index is 1.87. The van der Waals surface area contributed by atoms with E-state index in [2.05, 4.69) is 10.6 Å². The summed E-state index contributed by atoms with van der Waals surface area (Å²) in [7, 11) is 0. The lowest BCUT2D eigenvalue weighted by Crippen LogP contribution is -2.37. The zero-order chi connectivity index (χ0) is 16.8. The van der Waals surface area contributed by atoms with Crippen molar-refractivity contribution < 1.29 is 9.59 Å². The summed E-state index contributed by atoms with van der Waals surface area (Å²) >= 11 is 6.00. The molecule has 0 aliphatic rings. The average Bonchev–Trinajstić information content (AvgIpc) is 2.56. The Hall–Kier alpha value is -2.33. The van der Waals surface area contributed by atoms with E-state index in [1.54, 1.807) is 18.2 Å². The van der Waals surface area contributed by atoms with Crippen molar-refractivity contribution in [2.75, 3.05) is 11.9 Å². The second-order valence-electron chi connectivity index (χ2n) is 5.44. The van der Waals surface area contributed by atoms with E-state index in [4.69, 9.17) is 11.6 Å². The third-order valence-corrected chi connectivity index (χ3v) is 3.98. The van der Waals surface area contributed by atoms with E-state index >= 15 is 0 Å². The summed E-state index contributed by atoms with van der Waals surface area (Å²) in [5.41, 5.74) is 2.51. The second kappa shape index (κ2) is 7.79. The van der Waals surface area contributed by atoms with Crippen molar-refractivity contribution in [1.29, 1.82) is 0 Å². The smallest absolute Gasteiger partial charge is 0.313 e. The molecular weight excluding hydrogens is 312 g/mol. The number of nitrogens with one attached hydrogen (secondary N) is 2. The first-order chi connectivity index (χ1) is 11.0. The highest BCUT2D eigenvalue weighted by molar-refractivity contribution is 6.39. The molecule has 0 aliphatic carbocycles. The lowest BCUT2D eigenvalue weighted by molar-refractivity contribution is -0.136. The molecule has 2 N–H and O–H groups in total. The first-order valence-corrected chi connectivity index (χ1v) is 7.75. The van der Waals surface area contributed by atoms with Crippen LogP contribution in [0.2, 0.25) is 5.02 Å². The maximum atomic E-state index is 11.9. The van der Waals surface area contributed by atoms with Gasteiger partial charge in [0.15, 0.2) is 0 Å². The van der Waals surface area contributed by atoms with Crippen LogP contribution in [0.3, 0.4) is 0 Å². The van der Waals surface area contributed by atoms with Crippen LogP contribution in [0.15, 0.2) is 48.5 Å². The molecule has 0 bridgehead atoms. The highest BCUT2D eigenvalue weighted by Crippen LogP contribution is 2.19. The van der Waals surface area contributed by atoms with Crippen molar-refractivity contribution in [3.8, 4) is 0 Å². The molecule has 23 heavy (non-hydrogen) atoms. The van der Waals surface area contributed by atoms with Crippen LogP contribution < -0.4 is 10.6 Å². The van der Waals surface area contributed by atoms with E-state index in [-0.39, 0.29) is 5.92 Å². The van der Waals surface area contributed by atoms with Crippen molar-refractivity contribution in [2.24, 2.45) is 0 Å². The topological polar surface area (TPSA) is 58.2 Å². The van der Waals surface area contributed by atoms with E-state index in [0.29, 0.717) is 17.3 Å². The number of anilines is 1. The molecule has 2 aromatic carbocycles. The van der Waals surface area contributed by atoms with Gasteiger partial charge in [0, 0.05) is 17.3 Å². The largest absolute Gasteiger partial charge is 0.347 e. The molecule has 0 radical (unpaired) electrons. The molecule has 2 aromatic rings. The third-order valence-electron chi connectivity index (χ3n) is 3.57. The number of carbonyl (C=O) groups is 2. The molecule has 0 saturated carbocycles. The fraction of sp³-hybridized carbons (Fsp3) is 0.222. The highest BCUT2D eigenvalue weighted by atomic mass is 35.5. The van der Waals surface area contributed by atoms with Crippen molar-refractivity contribution in [1.82, 2.24) is 5.32 Å². The Kier molecular flexibility index (Phi) is 5.77. The first kappa shape index (κ1) is 17.0. The fourth-order valence-corrected chi connectivity index (χ4v) is 2.26. The molecule has 2 amide bonds. The van der Waals surface area contributed by atoms with Crippen LogP contribution in [0.4, 0.5) is 5.69 Å². The lowest BCUT2D eigenvalue weighted by Gasteiger charge is -2.13. The van der Waals surface area contributed by atoms with Gasteiger partial charge in [0.2, 0.25) is 0 Å². The Bertz CT molecular complexity index is 701. The summed E-state index contributed by atoms with van der Waals surface area (Å²) in [6, 6.07) is 14.9. The van der Waals surface area contributed by atoms with Crippen LogP contribution in [0, 0.1) is 6.92 Å². The zero-order valence-corrected chi connectivity index (χ0v) is 13.9. The number of amides is 2. The summed E-state index contributed by atoms with van der Waals surface area (Å²) in [6.45, 7) is 4.25. The average molecular weight is 331 g/mol. The van der Waals surface area contributed by atoms with E-state index in [1.165, 1.54) is 0 Å². The van der Waals surface area contributed by atoms with E-state index in [0.717, 1.165) is 11.1 Å². The predicted octanol–water partition coefficient (Wildman–Crippen LogP) is 3.51. The highest BCUT2D eigenvalue weighted by Gasteiger charge is 2.15. The van der Waals surface area contributed by atoms with Crippen LogP contribution in [-0.2, 0) is 9.59 Å². The standard InChI is InChI=1S/C18H19ClN2O2/c1-12-8-9-15(10-16(12)19)21-18(23)17(22)20-11-13(2)14-6-4-3-5-7-14/h3-10,13H,11H2,1-2H3,(H,20,22)(H,21,23). The lowest BCUT2D eigenvalue weighted by atomic mass is 10.0. The van der Waals surface area contributed by atoms with Gasteiger partial charge < -0.3 is 10.6 Å². The van der Waals surface area contributed by atoms with E-state index in [1.807, 2.05) is 44.2 Å². The molecule has 5 heteroatoms. The van der Waals surface area contributed by atoms with Gasteiger partial charge in [0.05, 0.1) is 0 Å². The number of aryl methyl sites for hydroxylation is 1. The molecule has 1 unspecified atom stereocenters. The van der Waals surface area contributed by atoms with Crippen molar-refractivity contribution in [2.45, 2.75) is 19.8 Å². The Morgan fingerprint density at radius 1 is 1.09 bits per heavy atom. The Morgan fingerprint density at radius 3 is 2.43 bits per heavy atom. The maximum Gasteiger partial charge on any atom is 0.313 e. The third kappa shape index (κ3) is 4.83. The molecule has 120 valence electrons. The number of rotatable bonds is 4. The maximum absolute atomic E-state index is 11.9. The normalized spacial score (nSPS) is 11.6. The molecule has 1 atom stereocenters. The molecular formula is C18H19ClN2O2. The van der Waals surface area contributed by atoms with Gasteiger partial charge in [0.25, 0.3) is 0 Å². The number of benzene rings is 2. The number of carbonyl (C=O) groups excluding carboxylic acids is 2. The minimum atomic E-state index is -0.704. The van der Waals surface area contributed by atoms with Crippen LogP contribution in [0.25, 0.3) is 0 Å². The van der Waals surface area contributed by atoms with Crippen LogP contribution in [0.1, 0.15) is 24.0 Å². The number of hydrogen-bond donors (Lipinski definition) is 2. The van der Waals surface area contributed by atoms with Crippen molar-refractivity contribution in [3.63, 3.8) is 0 Å². The van der Waals surface area contributed by atoms with Gasteiger partial charge in [-0.25, -0.2) is 0 Å². The van der Waals surface area contributed by atoms with Gasteiger partial charge in [-0.2, -0.15) is 0 Å². The van der Waals surface area contributed by atoms with Gasteiger partial charge in [-0.3, -0.25) is 9.59 Å². The summed E-state index contributed by atoms with van der Waals surface area (Å²) in [5.74, 6) is -1.24. The second-order valence-corrected chi connectivity index (χ2v) is 5.85. The monoisotopic (exact) mass is 330 g/mol. The molecule has 0 saturated heterocycles. The minimum Gasteiger partial charge on any atom is -0.347 e. The Labute approximate surface area is 140 Å². The Morgan fingerprint density at radius 2 is 1.78 bits per heavy atom. The minimum absolute atomic E-state index is 0.127. The molecule has 0 aromatic heterocycles. The van der Waals surface area contributed by atoms with Gasteiger partial charge in [0.1, 0.15) is 0 Å². The molecule has 0 heterocycles.